The van der Waals surface area contributed by atoms with E-state index >= 15 is 0 Å². The largest absolute Gasteiger partial charge is 0.497 e. The fourth-order valence-electron chi connectivity index (χ4n) is 2.86. The maximum Gasteiger partial charge on any atom is 0.226 e. The molecule has 1 N–H and O–H groups in total. The molecule has 0 aliphatic heterocycles. The van der Waals surface area contributed by atoms with Crippen LogP contribution in [0.1, 0.15) is 19.8 Å². The van der Waals surface area contributed by atoms with Gasteiger partial charge in [0, 0.05) is 17.4 Å². The third kappa shape index (κ3) is 6.28. The second kappa shape index (κ2) is 10.4. The Balaban J connectivity index is 1.50. The number of carbonyl (C=O) groups excluding carboxylic acids is 1. The molecule has 0 aliphatic rings. The van der Waals surface area contributed by atoms with Crippen molar-refractivity contribution in [3.8, 4) is 22.8 Å². The summed E-state index contributed by atoms with van der Waals surface area (Å²) in [6.07, 6.45) is 0.310. The van der Waals surface area contributed by atoms with Gasteiger partial charge in [0.15, 0.2) is 15.0 Å². The zero-order chi connectivity index (χ0) is 22.3. The number of amides is 1. The van der Waals surface area contributed by atoms with Gasteiger partial charge in [0.25, 0.3) is 0 Å². The van der Waals surface area contributed by atoms with Gasteiger partial charge in [0.1, 0.15) is 11.5 Å². The van der Waals surface area contributed by atoms with Crippen molar-refractivity contribution in [1.82, 2.24) is 4.98 Å². The minimum atomic E-state index is -3.45. The Bertz CT molecular complexity index is 1110. The molecule has 1 aromatic heterocycles. The summed E-state index contributed by atoms with van der Waals surface area (Å²) in [4.78, 5) is 16.9. The molecular weight excluding hydrogens is 436 g/mol. The summed E-state index contributed by atoms with van der Waals surface area (Å²) in [5.41, 5.74) is 1.68. The van der Waals surface area contributed by atoms with E-state index < -0.39 is 9.84 Å². The van der Waals surface area contributed by atoms with Crippen LogP contribution < -0.4 is 14.8 Å². The van der Waals surface area contributed by atoms with Crippen molar-refractivity contribution in [3.63, 3.8) is 0 Å². The van der Waals surface area contributed by atoms with Gasteiger partial charge in [-0.1, -0.05) is 0 Å². The van der Waals surface area contributed by atoms with Crippen LogP contribution in [0.5, 0.6) is 11.5 Å². The fraction of sp³-hybridized carbons (Fsp3) is 0.273. The lowest BCUT2D eigenvalue weighted by molar-refractivity contribution is -0.116. The number of nitrogens with one attached hydrogen (secondary N) is 1. The SMILES string of the molecule is CCOc1ccc(-c2csc(NC(=O)CCCS(=O)(=O)c3ccc(OC)cc3)n2)cc1. The molecule has 7 nitrogen and oxygen atoms in total. The van der Waals surface area contributed by atoms with Crippen molar-refractivity contribution in [1.29, 1.82) is 0 Å². The number of rotatable bonds is 10. The number of thiazole rings is 1. The molecule has 0 unspecified atom stereocenters. The quantitative estimate of drug-likeness (QED) is 0.482. The van der Waals surface area contributed by atoms with Crippen molar-refractivity contribution >= 4 is 32.2 Å². The van der Waals surface area contributed by atoms with Crippen LogP contribution in [0.3, 0.4) is 0 Å². The van der Waals surface area contributed by atoms with Crippen LogP contribution in [0.15, 0.2) is 58.8 Å². The molecule has 1 heterocycles. The molecule has 0 bridgehead atoms. The number of carbonyl (C=O) groups is 1. The zero-order valence-corrected chi connectivity index (χ0v) is 19.0. The Kier molecular flexibility index (Phi) is 7.64. The highest BCUT2D eigenvalue weighted by molar-refractivity contribution is 7.91. The zero-order valence-electron chi connectivity index (χ0n) is 17.3. The minimum absolute atomic E-state index is 0.0906. The Morgan fingerprint density at radius 3 is 2.39 bits per heavy atom. The molecule has 31 heavy (non-hydrogen) atoms. The highest BCUT2D eigenvalue weighted by atomic mass is 32.2. The van der Waals surface area contributed by atoms with Crippen LogP contribution in [0.25, 0.3) is 11.3 Å². The van der Waals surface area contributed by atoms with Gasteiger partial charge in [-0.15, -0.1) is 11.3 Å². The number of ether oxygens (including phenoxy) is 2. The highest BCUT2D eigenvalue weighted by Gasteiger charge is 2.16. The molecule has 2 aromatic carbocycles. The Labute approximate surface area is 186 Å². The standard InChI is InChI=1S/C22H24N2O5S2/c1-3-29-18-8-6-16(7-9-18)20-15-30-22(23-20)24-21(25)5-4-14-31(26,27)19-12-10-17(28-2)11-13-19/h6-13,15H,3-5,14H2,1-2H3,(H,23,24,25). The van der Waals surface area contributed by atoms with E-state index in [0.717, 1.165) is 17.0 Å². The molecule has 0 saturated heterocycles. The topological polar surface area (TPSA) is 94.6 Å². The summed E-state index contributed by atoms with van der Waals surface area (Å²) < 4.78 is 35.3. The molecule has 0 saturated carbocycles. The molecule has 0 aliphatic carbocycles. The number of benzene rings is 2. The first-order valence-corrected chi connectivity index (χ1v) is 12.3. The van der Waals surface area contributed by atoms with Crippen LogP contribution in [0.4, 0.5) is 5.13 Å². The van der Waals surface area contributed by atoms with Gasteiger partial charge in [0.05, 0.1) is 30.1 Å². The summed E-state index contributed by atoms with van der Waals surface area (Å²) in [6, 6.07) is 13.8. The van der Waals surface area contributed by atoms with Crippen LogP contribution >= 0.6 is 11.3 Å². The van der Waals surface area contributed by atoms with Gasteiger partial charge in [0.2, 0.25) is 5.91 Å². The van der Waals surface area contributed by atoms with Gasteiger partial charge in [-0.05, 0) is 61.9 Å². The van der Waals surface area contributed by atoms with Crippen molar-refractivity contribution in [3.05, 3.63) is 53.9 Å². The number of methoxy groups -OCH3 is 1. The molecule has 0 fully saturated rings. The van der Waals surface area contributed by atoms with E-state index in [1.165, 1.54) is 30.6 Å². The number of nitrogens with zero attached hydrogens (tertiary/aromatic N) is 1. The lowest BCUT2D eigenvalue weighted by atomic mass is 10.2. The second-order valence-corrected chi connectivity index (χ2v) is 9.61. The Morgan fingerprint density at radius 1 is 1.06 bits per heavy atom. The van der Waals surface area contributed by atoms with Crippen molar-refractivity contribution < 1.29 is 22.7 Å². The molecular formula is C22H24N2O5S2. The second-order valence-electron chi connectivity index (χ2n) is 6.64. The summed E-state index contributed by atoms with van der Waals surface area (Å²) >= 11 is 1.32. The summed E-state index contributed by atoms with van der Waals surface area (Å²) in [6.45, 7) is 2.53. The lowest BCUT2D eigenvalue weighted by Gasteiger charge is -2.06. The van der Waals surface area contributed by atoms with Crippen molar-refractivity contribution in [2.75, 3.05) is 24.8 Å². The first-order valence-electron chi connectivity index (χ1n) is 9.76. The maximum absolute atomic E-state index is 12.4. The van der Waals surface area contributed by atoms with E-state index in [2.05, 4.69) is 10.3 Å². The molecule has 0 atom stereocenters. The van der Waals surface area contributed by atoms with Crippen LogP contribution in [0, 0.1) is 0 Å². The van der Waals surface area contributed by atoms with E-state index in [1.807, 2.05) is 36.6 Å². The average Bonchev–Trinajstić information content (AvgIpc) is 3.22. The minimum Gasteiger partial charge on any atom is -0.497 e. The lowest BCUT2D eigenvalue weighted by Crippen LogP contribution is -2.14. The summed E-state index contributed by atoms with van der Waals surface area (Å²) in [7, 11) is -1.93. The average molecular weight is 461 g/mol. The van der Waals surface area contributed by atoms with Crippen LogP contribution in [-0.2, 0) is 14.6 Å². The first-order chi connectivity index (χ1) is 14.9. The van der Waals surface area contributed by atoms with Gasteiger partial charge >= 0.3 is 0 Å². The number of hydrogen-bond donors (Lipinski definition) is 1. The molecule has 0 radical (unpaired) electrons. The van der Waals surface area contributed by atoms with E-state index in [4.69, 9.17) is 9.47 Å². The van der Waals surface area contributed by atoms with Gasteiger partial charge < -0.3 is 14.8 Å². The molecule has 0 spiro atoms. The van der Waals surface area contributed by atoms with E-state index in [9.17, 15) is 13.2 Å². The fourth-order valence-corrected chi connectivity index (χ4v) is 4.90. The smallest absolute Gasteiger partial charge is 0.226 e. The Morgan fingerprint density at radius 2 is 1.74 bits per heavy atom. The predicted octanol–water partition coefficient (Wildman–Crippen LogP) is 4.41. The molecule has 164 valence electrons. The van der Waals surface area contributed by atoms with E-state index in [-0.39, 0.29) is 29.4 Å². The number of hydrogen-bond acceptors (Lipinski definition) is 7. The number of anilines is 1. The number of sulfone groups is 1. The third-order valence-corrected chi connectivity index (χ3v) is 7.02. The van der Waals surface area contributed by atoms with Crippen LogP contribution in [0.2, 0.25) is 0 Å². The monoisotopic (exact) mass is 460 g/mol. The maximum atomic E-state index is 12.4. The van der Waals surface area contributed by atoms with E-state index in [0.29, 0.717) is 17.5 Å². The predicted molar refractivity (Wildman–Crippen MR) is 122 cm³/mol. The third-order valence-electron chi connectivity index (χ3n) is 4.45. The highest BCUT2D eigenvalue weighted by Crippen LogP contribution is 2.26. The molecule has 3 rings (SSSR count). The summed E-state index contributed by atoms with van der Waals surface area (Å²) in [5.74, 6) is 1.01. The van der Waals surface area contributed by atoms with Gasteiger partial charge in [-0.2, -0.15) is 0 Å². The van der Waals surface area contributed by atoms with Crippen molar-refractivity contribution in [2.24, 2.45) is 0 Å². The molecule has 1 amide bonds. The molecule has 9 heteroatoms. The first kappa shape index (κ1) is 22.8. The van der Waals surface area contributed by atoms with Crippen molar-refractivity contribution in [2.45, 2.75) is 24.7 Å². The van der Waals surface area contributed by atoms with Crippen LogP contribution in [-0.4, -0.2) is 38.8 Å². The number of aromatic nitrogens is 1. The molecule has 3 aromatic rings. The normalized spacial score (nSPS) is 11.2. The summed E-state index contributed by atoms with van der Waals surface area (Å²) in [5, 5.41) is 5.08. The van der Waals surface area contributed by atoms with Gasteiger partial charge in [-0.3, -0.25) is 4.79 Å². The van der Waals surface area contributed by atoms with E-state index in [1.54, 1.807) is 12.1 Å². The van der Waals surface area contributed by atoms with Gasteiger partial charge in [-0.25, -0.2) is 13.4 Å². The Hall–Kier alpha value is -2.91.